The molecule has 0 aliphatic rings. The van der Waals surface area contributed by atoms with Crippen LogP contribution in [0, 0.1) is 0 Å². The van der Waals surface area contributed by atoms with Crippen LogP contribution in [-0.4, -0.2) is 25.7 Å². The first-order valence-electron chi connectivity index (χ1n) is 6.38. The maximum absolute atomic E-state index is 11.0. The standard InChI is InChI=1S/C15H23NO3/c1-15(2,3)11-5-7-13(8-6-11)19-10-12(16)9-14(17)18-4/h5-8,12H,9-10,16H2,1-4H3. The molecule has 19 heavy (non-hydrogen) atoms. The highest BCUT2D eigenvalue weighted by molar-refractivity contribution is 5.69. The number of rotatable bonds is 5. The number of benzene rings is 1. The van der Waals surface area contributed by atoms with Gasteiger partial charge < -0.3 is 15.2 Å². The number of carbonyl (C=O) groups is 1. The van der Waals surface area contributed by atoms with Crippen molar-refractivity contribution in [2.45, 2.75) is 38.6 Å². The van der Waals surface area contributed by atoms with Crippen LogP contribution in [0.5, 0.6) is 5.75 Å². The van der Waals surface area contributed by atoms with Crippen LogP contribution in [0.15, 0.2) is 24.3 Å². The van der Waals surface area contributed by atoms with Crippen molar-refractivity contribution >= 4 is 5.97 Å². The predicted molar refractivity (Wildman–Crippen MR) is 75.2 cm³/mol. The van der Waals surface area contributed by atoms with Gasteiger partial charge in [-0.25, -0.2) is 0 Å². The van der Waals surface area contributed by atoms with Crippen molar-refractivity contribution < 1.29 is 14.3 Å². The molecule has 0 aliphatic carbocycles. The van der Waals surface area contributed by atoms with Crippen molar-refractivity contribution in [1.29, 1.82) is 0 Å². The lowest BCUT2D eigenvalue weighted by atomic mass is 9.87. The number of esters is 1. The first-order valence-corrected chi connectivity index (χ1v) is 6.38. The van der Waals surface area contributed by atoms with Crippen LogP contribution < -0.4 is 10.5 Å². The zero-order valence-electron chi connectivity index (χ0n) is 12.1. The average molecular weight is 265 g/mol. The molecule has 1 aromatic carbocycles. The van der Waals surface area contributed by atoms with Gasteiger partial charge in [0.05, 0.1) is 13.5 Å². The van der Waals surface area contributed by atoms with E-state index < -0.39 is 0 Å². The molecule has 0 spiro atoms. The van der Waals surface area contributed by atoms with Gasteiger partial charge >= 0.3 is 5.97 Å². The van der Waals surface area contributed by atoms with Gasteiger partial charge in [-0.1, -0.05) is 32.9 Å². The highest BCUT2D eigenvalue weighted by Gasteiger charge is 2.14. The Kier molecular flexibility index (Phi) is 5.36. The molecule has 1 aromatic rings. The van der Waals surface area contributed by atoms with Gasteiger partial charge in [0.15, 0.2) is 0 Å². The number of methoxy groups -OCH3 is 1. The molecule has 0 amide bonds. The van der Waals surface area contributed by atoms with Crippen LogP contribution in [0.3, 0.4) is 0 Å². The maximum Gasteiger partial charge on any atom is 0.307 e. The molecule has 0 fully saturated rings. The van der Waals surface area contributed by atoms with E-state index in [1.165, 1.54) is 12.7 Å². The molecule has 0 saturated heterocycles. The minimum atomic E-state index is -0.352. The highest BCUT2D eigenvalue weighted by Crippen LogP contribution is 2.24. The summed E-state index contributed by atoms with van der Waals surface area (Å²) in [5, 5.41) is 0. The molecule has 0 aliphatic heterocycles. The summed E-state index contributed by atoms with van der Waals surface area (Å²) in [6.07, 6.45) is 0.163. The molecule has 0 aromatic heterocycles. The smallest absolute Gasteiger partial charge is 0.307 e. The molecular formula is C15H23NO3. The van der Waals surface area contributed by atoms with Gasteiger partial charge in [-0.2, -0.15) is 0 Å². The van der Waals surface area contributed by atoms with E-state index in [9.17, 15) is 4.79 Å². The third kappa shape index (κ3) is 5.30. The summed E-state index contributed by atoms with van der Waals surface area (Å²) in [6, 6.07) is 7.58. The van der Waals surface area contributed by atoms with E-state index in [4.69, 9.17) is 10.5 Å². The van der Waals surface area contributed by atoms with Gasteiger partial charge in [0.1, 0.15) is 12.4 Å². The van der Waals surface area contributed by atoms with Crippen LogP contribution in [-0.2, 0) is 14.9 Å². The van der Waals surface area contributed by atoms with E-state index in [2.05, 4.69) is 25.5 Å². The molecule has 106 valence electrons. The minimum absolute atomic E-state index is 0.125. The molecule has 1 rings (SSSR count). The Hall–Kier alpha value is -1.55. The predicted octanol–water partition coefficient (Wildman–Crippen LogP) is 2.25. The lowest BCUT2D eigenvalue weighted by Gasteiger charge is -2.19. The van der Waals surface area contributed by atoms with Crippen LogP contribution in [0.1, 0.15) is 32.8 Å². The first-order chi connectivity index (χ1) is 8.82. The van der Waals surface area contributed by atoms with E-state index in [-0.39, 0.29) is 23.8 Å². The lowest BCUT2D eigenvalue weighted by molar-refractivity contribution is -0.141. The molecule has 0 saturated carbocycles. The number of ether oxygens (including phenoxy) is 2. The fourth-order valence-corrected chi connectivity index (χ4v) is 1.61. The summed E-state index contributed by atoms with van der Waals surface area (Å²) in [4.78, 5) is 11.0. The molecule has 4 nitrogen and oxygen atoms in total. The van der Waals surface area contributed by atoms with Gasteiger partial charge in [0.2, 0.25) is 0 Å². The van der Waals surface area contributed by atoms with Crippen LogP contribution in [0.2, 0.25) is 0 Å². The fraction of sp³-hybridized carbons (Fsp3) is 0.533. The van der Waals surface area contributed by atoms with Crippen LogP contribution in [0.25, 0.3) is 0 Å². The average Bonchev–Trinajstić information content (AvgIpc) is 2.35. The molecule has 0 bridgehead atoms. The SMILES string of the molecule is COC(=O)CC(N)COc1ccc(C(C)(C)C)cc1. The summed E-state index contributed by atoms with van der Waals surface area (Å²) >= 11 is 0. The van der Waals surface area contributed by atoms with E-state index >= 15 is 0 Å². The molecule has 2 N–H and O–H groups in total. The molecule has 1 atom stereocenters. The third-order valence-corrected chi connectivity index (χ3v) is 2.84. The minimum Gasteiger partial charge on any atom is -0.492 e. The number of nitrogens with two attached hydrogens (primary N) is 1. The van der Waals surface area contributed by atoms with Crippen molar-refractivity contribution in [3.63, 3.8) is 0 Å². The summed E-state index contributed by atoms with van der Waals surface area (Å²) in [5.41, 5.74) is 7.14. The quantitative estimate of drug-likeness (QED) is 0.829. The van der Waals surface area contributed by atoms with Crippen molar-refractivity contribution in [3.8, 4) is 5.75 Å². The number of carbonyl (C=O) groups excluding carboxylic acids is 1. The van der Waals surface area contributed by atoms with Gasteiger partial charge in [-0.05, 0) is 23.1 Å². The molecule has 0 radical (unpaired) electrons. The lowest BCUT2D eigenvalue weighted by Crippen LogP contribution is -2.30. The van der Waals surface area contributed by atoms with Gasteiger partial charge in [0, 0.05) is 6.04 Å². The Morgan fingerprint density at radius 1 is 1.26 bits per heavy atom. The largest absolute Gasteiger partial charge is 0.492 e. The second-order valence-electron chi connectivity index (χ2n) is 5.63. The molecule has 4 heteroatoms. The van der Waals surface area contributed by atoms with Crippen molar-refractivity contribution in [2.24, 2.45) is 5.73 Å². The normalized spacial score (nSPS) is 12.9. The second kappa shape index (κ2) is 6.57. The van der Waals surface area contributed by atoms with E-state index in [0.717, 1.165) is 5.75 Å². The van der Waals surface area contributed by atoms with E-state index in [0.29, 0.717) is 6.61 Å². The fourth-order valence-electron chi connectivity index (χ4n) is 1.61. The zero-order valence-corrected chi connectivity index (χ0v) is 12.1. The number of hydrogen-bond acceptors (Lipinski definition) is 4. The van der Waals surface area contributed by atoms with Crippen molar-refractivity contribution in [2.75, 3.05) is 13.7 Å². The number of hydrogen-bond donors (Lipinski definition) is 1. The van der Waals surface area contributed by atoms with E-state index in [1.54, 1.807) is 0 Å². The Morgan fingerprint density at radius 2 is 1.84 bits per heavy atom. The summed E-state index contributed by atoms with van der Waals surface area (Å²) in [7, 11) is 1.35. The highest BCUT2D eigenvalue weighted by atomic mass is 16.5. The topological polar surface area (TPSA) is 61.5 Å². The zero-order chi connectivity index (χ0) is 14.5. The molecule has 1 unspecified atom stereocenters. The monoisotopic (exact) mass is 265 g/mol. The molecular weight excluding hydrogens is 242 g/mol. The second-order valence-corrected chi connectivity index (χ2v) is 5.63. The summed E-state index contributed by atoms with van der Waals surface area (Å²) in [6.45, 7) is 6.78. The van der Waals surface area contributed by atoms with Crippen LogP contribution in [0.4, 0.5) is 0 Å². The van der Waals surface area contributed by atoms with Gasteiger partial charge in [-0.3, -0.25) is 4.79 Å². The van der Waals surface area contributed by atoms with Gasteiger partial charge in [0.25, 0.3) is 0 Å². The Bertz CT molecular complexity index is 406. The maximum atomic E-state index is 11.0. The van der Waals surface area contributed by atoms with Crippen LogP contribution >= 0.6 is 0 Å². The Labute approximate surface area is 114 Å². The Morgan fingerprint density at radius 3 is 2.32 bits per heavy atom. The first kappa shape index (κ1) is 15.5. The van der Waals surface area contributed by atoms with Crippen molar-refractivity contribution in [1.82, 2.24) is 0 Å². The Balaban J connectivity index is 2.48. The summed E-state index contributed by atoms with van der Waals surface area (Å²) < 4.78 is 10.1. The van der Waals surface area contributed by atoms with Crippen molar-refractivity contribution in [3.05, 3.63) is 29.8 Å². The summed E-state index contributed by atoms with van der Waals surface area (Å²) in [5.74, 6) is 0.437. The third-order valence-electron chi connectivity index (χ3n) is 2.84. The van der Waals surface area contributed by atoms with Gasteiger partial charge in [-0.15, -0.1) is 0 Å². The molecule has 0 heterocycles. The van der Waals surface area contributed by atoms with E-state index in [1.807, 2.05) is 24.3 Å².